The Kier molecular flexibility index (Phi) is 3.69. The standard InChI is InChI=1S/C19H19N3O3/c1-21-17-11-16-13(10-18(24)22(16)7-8-25-2)9-15(17)20-19(21)12-3-5-14(23)6-4-12/h3-6,9,11,23H,7-8,10H2,1-2H3. The van der Waals surface area contributed by atoms with Crippen molar-refractivity contribution in [3.8, 4) is 17.1 Å². The van der Waals surface area contributed by atoms with Gasteiger partial charge in [0.25, 0.3) is 0 Å². The molecule has 0 radical (unpaired) electrons. The minimum absolute atomic E-state index is 0.0983. The molecule has 4 rings (SSSR count). The Labute approximate surface area is 145 Å². The highest BCUT2D eigenvalue weighted by Gasteiger charge is 2.28. The summed E-state index contributed by atoms with van der Waals surface area (Å²) in [5.41, 5.74) is 4.72. The van der Waals surface area contributed by atoms with Crippen molar-refractivity contribution in [3.05, 3.63) is 42.0 Å². The van der Waals surface area contributed by atoms with Gasteiger partial charge in [-0.3, -0.25) is 4.79 Å². The summed E-state index contributed by atoms with van der Waals surface area (Å²) in [5.74, 6) is 1.16. The first-order chi connectivity index (χ1) is 12.1. The summed E-state index contributed by atoms with van der Waals surface area (Å²) < 4.78 is 7.13. The topological polar surface area (TPSA) is 67.6 Å². The van der Waals surface area contributed by atoms with Crippen LogP contribution in [-0.4, -0.2) is 40.8 Å². The van der Waals surface area contributed by atoms with Gasteiger partial charge in [-0.05, 0) is 42.0 Å². The zero-order chi connectivity index (χ0) is 17.6. The largest absolute Gasteiger partial charge is 0.508 e. The molecule has 0 fully saturated rings. The van der Waals surface area contributed by atoms with Gasteiger partial charge in [0.05, 0.1) is 24.1 Å². The number of imidazole rings is 1. The van der Waals surface area contributed by atoms with E-state index in [1.54, 1.807) is 24.1 Å². The van der Waals surface area contributed by atoms with Gasteiger partial charge in [-0.1, -0.05) is 0 Å². The molecule has 0 saturated carbocycles. The van der Waals surface area contributed by atoms with E-state index in [0.29, 0.717) is 19.6 Å². The van der Waals surface area contributed by atoms with E-state index < -0.39 is 0 Å². The summed E-state index contributed by atoms with van der Waals surface area (Å²) in [6.45, 7) is 1.06. The third-order valence-electron chi connectivity index (χ3n) is 4.66. The molecular formula is C19H19N3O3. The lowest BCUT2D eigenvalue weighted by Gasteiger charge is -2.17. The lowest BCUT2D eigenvalue weighted by Crippen LogP contribution is -2.30. The van der Waals surface area contributed by atoms with E-state index in [9.17, 15) is 9.90 Å². The van der Waals surface area contributed by atoms with E-state index in [4.69, 9.17) is 9.72 Å². The molecule has 128 valence electrons. The summed E-state index contributed by atoms with van der Waals surface area (Å²) >= 11 is 0. The summed E-state index contributed by atoms with van der Waals surface area (Å²) in [7, 11) is 3.59. The molecule has 1 aliphatic rings. The van der Waals surface area contributed by atoms with Crippen molar-refractivity contribution in [1.29, 1.82) is 0 Å². The van der Waals surface area contributed by atoms with Crippen molar-refractivity contribution in [2.24, 2.45) is 7.05 Å². The van der Waals surface area contributed by atoms with Gasteiger partial charge in [-0.15, -0.1) is 0 Å². The number of fused-ring (bicyclic) bond motifs is 2. The van der Waals surface area contributed by atoms with Crippen LogP contribution in [0.5, 0.6) is 5.75 Å². The van der Waals surface area contributed by atoms with Crippen molar-refractivity contribution < 1.29 is 14.6 Å². The number of ether oxygens (including phenoxy) is 1. The first-order valence-electron chi connectivity index (χ1n) is 8.16. The number of nitrogens with zero attached hydrogens (tertiary/aromatic N) is 3. The van der Waals surface area contributed by atoms with Crippen molar-refractivity contribution in [3.63, 3.8) is 0 Å². The molecule has 0 bridgehead atoms. The monoisotopic (exact) mass is 337 g/mol. The molecule has 2 heterocycles. The number of methoxy groups -OCH3 is 1. The van der Waals surface area contributed by atoms with Crippen LogP contribution < -0.4 is 4.90 Å². The normalized spacial score (nSPS) is 13.7. The van der Waals surface area contributed by atoms with E-state index in [1.165, 1.54) is 0 Å². The van der Waals surface area contributed by atoms with Crippen molar-refractivity contribution >= 4 is 22.6 Å². The lowest BCUT2D eigenvalue weighted by atomic mass is 10.1. The molecule has 2 aromatic carbocycles. The van der Waals surface area contributed by atoms with Gasteiger partial charge < -0.3 is 19.3 Å². The fourth-order valence-electron chi connectivity index (χ4n) is 3.35. The summed E-state index contributed by atoms with van der Waals surface area (Å²) in [6.07, 6.45) is 0.403. The molecule has 0 aliphatic carbocycles. The lowest BCUT2D eigenvalue weighted by molar-refractivity contribution is -0.117. The highest BCUT2D eigenvalue weighted by Crippen LogP contribution is 2.34. The van der Waals surface area contributed by atoms with Gasteiger partial charge in [-0.25, -0.2) is 4.98 Å². The van der Waals surface area contributed by atoms with E-state index >= 15 is 0 Å². The second-order valence-corrected chi connectivity index (χ2v) is 6.23. The molecule has 0 spiro atoms. The minimum atomic E-state index is 0.0983. The molecule has 0 saturated heterocycles. The van der Waals surface area contributed by atoms with Gasteiger partial charge in [0.1, 0.15) is 11.6 Å². The van der Waals surface area contributed by atoms with Crippen LogP contribution in [0.15, 0.2) is 36.4 Å². The van der Waals surface area contributed by atoms with Crippen molar-refractivity contribution in [1.82, 2.24) is 9.55 Å². The second-order valence-electron chi connectivity index (χ2n) is 6.23. The Hall–Kier alpha value is -2.86. The molecule has 0 unspecified atom stereocenters. The minimum Gasteiger partial charge on any atom is -0.508 e. The third-order valence-corrected chi connectivity index (χ3v) is 4.66. The van der Waals surface area contributed by atoms with Crippen LogP contribution in [0.1, 0.15) is 5.56 Å². The fraction of sp³-hybridized carbons (Fsp3) is 0.263. The van der Waals surface area contributed by atoms with Gasteiger partial charge in [0.15, 0.2) is 0 Å². The summed E-state index contributed by atoms with van der Waals surface area (Å²) in [5, 5.41) is 9.47. The number of phenolic OH excluding ortho intramolecular Hbond substituents is 1. The smallest absolute Gasteiger partial charge is 0.231 e. The average Bonchev–Trinajstić information content (AvgIpc) is 3.08. The Bertz CT molecular complexity index is 960. The van der Waals surface area contributed by atoms with E-state index in [0.717, 1.165) is 33.7 Å². The Morgan fingerprint density at radius 1 is 1.24 bits per heavy atom. The number of aryl methyl sites for hydroxylation is 1. The number of carbonyl (C=O) groups is 1. The Morgan fingerprint density at radius 3 is 2.72 bits per heavy atom. The zero-order valence-electron chi connectivity index (χ0n) is 14.2. The molecule has 25 heavy (non-hydrogen) atoms. The van der Waals surface area contributed by atoms with Crippen LogP contribution in [0.4, 0.5) is 5.69 Å². The third kappa shape index (κ3) is 2.55. The molecule has 1 aliphatic heterocycles. The SMILES string of the molecule is COCCN1C(=O)Cc2cc3nc(-c4ccc(O)cc4)n(C)c3cc21. The number of phenols is 1. The number of rotatable bonds is 4. The molecular weight excluding hydrogens is 318 g/mol. The quantitative estimate of drug-likeness (QED) is 0.794. The number of carbonyl (C=O) groups excluding carboxylic acids is 1. The molecule has 6 nitrogen and oxygen atoms in total. The predicted molar refractivity (Wildman–Crippen MR) is 95.7 cm³/mol. The maximum absolute atomic E-state index is 12.3. The van der Waals surface area contributed by atoms with Crippen LogP contribution >= 0.6 is 0 Å². The van der Waals surface area contributed by atoms with Gasteiger partial charge in [-0.2, -0.15) is 0 Å². The average molecular weight is 337 g/mol. The van der Waals surface area contributed by atoms with Crippen LogP contribution in [0.2, 0.25) is 0 Å². The van der Waals surface area contributed by atoms with E-state index in [2.05, 4.69) is 0 Å². The molecule has 6 heteroatoms. The number of anilines is 1. The predicted octanol–water partition coefficient (Wildman–Crippen LogP) is 2.48. The highest BCUT2D eigenvalue weighted by atomic mass is 16.5. The first kappa shape index (κ1) is 15.7. The molecule has 1 amide bonds. The van der Waals surface area contributed by atoms with Crippen molar-refractivity contribution in [2.75, 3.05) is 25.2 Å². The molecule has 1 N–H and O–H groups in total. The van der Waals surface area contributed by atoms with Crippen LogP contribution in [-0.2, 0) is 23.0 Å². The maximum Gasteiger partial charge on any atom is 0.231 e. The molecule has 3 aromatic rings. The molecule has 1 aromatic heterocycles. The Balaban J connectivity index is 1.81. The van der Waals surface area contributed by atoms with Gasteiger partial charge in [0.2, 0.25) is 5.91 Å². The zero-order valence-corrected chi connectivity index (χ0v) is 14.2. The van der Waals surface area contributed by atoms with Crippen LogP contribution in [0.25, 0.3) is 22.4 Å². The fourth-order valence-corrected chi connectivity index (χ4v) is 3.35. The van der Waals surface area contributed by atoms with E-state index in [1.807, 2.05) is 35.9 Å². The van der Waals surface area contributed by atoms with Gasteiger partial charge in [0, 0.05) is 32.0 Å². The first-order valence-corrected chi connectivity index (χ1v) is 8.16. The number of amides is 1. The maximum atomic E-state index is 12.3. The van der Waals surface area contributed by atoms with Gasteiger partial charge >= 0.3 is 0 Å². The summed E-state index contributed by atoms with van der Waals surface area (Å²) in [4.78, 5) is 18.8. The van der Waals surface area contributed by atoms with E-state index in [-0.39, 0.29) is 11.7 Å². The number of aromatic nitrogens is 2. The number of aromatic hydroxyl groups is 1. The van der Waals surface area contributed by atoms with Crippen LogP contribution in [0.3, 0.4) is 0 Å². The number of benzene rings is 2. The number of hydrogen-bond acceptors (Lipinski definition) is 4. The van der Waals surface area contributed by atoms with Crippen LogP contribution in [0, 0.1) is 0 Å². The second kappa shape index (κ2) is 5.89. The molecule has 0 atom stereocenters. The number of hydrogen-bond donors (Lipinski definition) is 1. The Morgan fingerprint density at radius 2 is 2.00 bits per heavy atom. The van der Waals surface area contributed by atoms with Crippen molar-refractivity contribution in [2.45, 2.75) is 6.42 Å². The highest BCUT2D eigenvalue weighted by molar-refractivity contribution is 6.04. The summed E-state index contributed by atoms with van der Waals surface area (Å²) in [6, 6.07) is 11.0.